The van der Waals surface area contributed by atoms with E-state index in [9.17, 15) is 9.90 Å². The van der Waals surface area contributed by atoms with Crippen molar-refractivity contribution >= 4 is 16.9 Å². The van der Waals surface area contributed by atoms with Crippen molar-refractivity contribution in [3.05, 3.63) is 36.2 Å². The lowest BCUT2D eigenvalue weighted by Crippen LogP contribution is -2.38. The number of para-hydroxylation sites is 1. The Morgan fingerprint density at radius 3 is 2.75 bits per heavy atom. The average molecular weight is 273 g/mol. The van der Waals surface area contributed by atoms with E-state index in [4.69, 9.17) is 0 Å². The quantitative estimate of drug-likeness (QED) is 0.870. The van der Waals surface area contributed by atoms with Crippen LogP contribution in [0.5, 0.6) is 0 Å². The number of nitrogens with one attached hydrogen (secondary N) is 1. The number of aliphatic hydroxyl groups excluding tert-OH is 1. The molecule has 0 radical (unpaired) electrons. The summed E-state index contributed by atoms with van der Waals surface area (Å²) in [6.07, 6.45) is 3.90. The van der Waals surface area contributed by atoms with Crippen molar-refractivity contribution in [2.75, 3.05) is 6.61 Å². The fourth-order valence-corrected chi connectivity index (χ4v) is 2.19. The molecule has 0 fully saturated rings. The van der Waals surface area contributed by atoms with Crippen LogP contribution >= 0.6 is 0 Å². The standard InChI is InChI=1S/C15H19N3O2/c1-10(2)8-11(9-19)18-15(20)12-4-3-5-13-14(12)17-7-6-16-13/h3-7,10-11,19H,8-9H2,1-2H3,(H,18,20). The highest BCUT2D eigenvalue weighted by molar-refractivity contribution is 6.04. The first kappa shape index (κ1) is 14.4. The highest BCUT2D eigenvalue weighted by Gasteiger charge is 2.16. The molecular formula is C15H19N3O2. The second kappa shape index (κ2) is 6.43. The Morgan fingerprint density at radius 2 is 2.05 bits per heavy atom. The molecular weight excluding hydrogens is 254 g/mol. The maximum atomic E-state index is 12.3. The molecule has 1 aromatic carbocycles. The zero-order chi connectivity index (χ0) is 14.5. The molecule has 0 aliphatic heterocycles. The molecule has 20 heavy (non-hydrogen) atoms. The summed E-state index contributed by atoms with van der Waals surface area (Å²) in [5.41, 5.74) is 1.75. The lowest BCUT2D eigenvalue weighted by atomic mass is 10.0. The summed E-state index contributed by atoms with van der Waals surface area (Å²) in [6.45, 7) is 4.04. The Balaban J connectivity index is 2.23. The summed E-state index contributed by atoms with van der Waals surface area (Å²) in [7, 11) is 0. The van der Waals surface area contributed by atoms with Crippen molar-refractivity contribution in [1.29, 1.82) is 0 Å². The number of aliphatic hydroxyl groups is 1. The van der Waals surface area contributed by atoms with Crippen LogP contribution < -0.4 is 5.32 Å². The van der Waals surface area contributed by atoms with Crippen molar-refractivity contribution in [3.8, 4) is 0 Å². The van der Waals surface area contributed by atoms with E-state index >= 15 is 0 Å². The van der Waals surface area contributed by atoms with Gasteiger partial charge in [0.2, 0.25) is 0 Å². The molecule has 1 atom stereocenters. The lowest BCUT2D eigenvalue weighted by molar-refractivity contribution is 0.0910. The molecule has 106 valence electrons. The van der Waals surface area contributed by atoms with Gasteiger partial charge in [0, 0.05) is 12.4 Å². The second-order valence-electron chi connectivity index (χ2n) is 5.21. The Labute approximate surface area is 118 Å². The summed E-state index contributed by atoms with van der Waals surface area (Å²) in [6, 6.07) is 5.07. The van der Waals surface area contributed by atoms with Gasteiger partial charge in [-0.15, -0.1) is 0 Å². The predicted octanol–water partition coefficient (Wildman–Crippen LogP) is 1.77. The van der Waals surface area contributed by atoms with E-state index in [1.807, 2.05) is 6.07 Å². The van der Waals surface area contributed by atoms with Crippen LogP contribution in [-0.4, -0.2) is 33.6 Å². The molecule has 1 heterocycles. The van der Waals surface area contributed by atoms with Crippen molar-refractivity contribution in [2.45, 2.75) is 26.3 Å². The second-order valence-corrected chi connectivity index (χ2v) is 5.21. The molecule has 0 aliphatic carbocycles. The number of nitrogens with zero attached hydrogens (tertiary/aromatic N) is 2. The van der Waals surface area contributed by atoms with Crippen LogP contribution in [0, 0.1) is 5.92 Å². The van der Waals surface area contributed by atoms with E-state index < -0.39 is 0 Å². The summed E-state index contributed by atoms with van der Waals surface area (Å²) in [5.74, 6) is 0.176. The first-order chi connectivity index (χ1) is 9.61. The summed E-state index contributed by atoms with van der Waals surface area (Å²) in [4.78, 5) is 20.7. The van der Waals surface area contributed by atoms with E-state index in [0.717, 1.165) is 6.42 Å². The Morgan fingerprint density at radius 1 is 1.30 bits per heavy atom. The maximum absolute atomic E-state index is 12.3. The number of benzene rings is 1. The van der Waals surface area contributed by atoms with Crippen molar-refractivity contribution < 1.29 is 9.90 Å². The Hall–Kier alpha value is -2.01. The predicted molar refractivity (Wildman–Crippen MR) is 77.3 cm³/mol. The highest BCUT2D eigenvalue weighted by Crippen LogP contribution is 2.14. The molecule has 0 aliphatic rings. The van der Waals surface area contributed by atoms with E-state index in [1.54, 1.807) is 24.5 Å². The molecule has 1 unspecified atom stereocenters. The van der Waals surface area contributed by atoms with Crippen LogP contribution in [0.2, 0.25) is 0 Å². The van der Waals surface area contributed by atoms with Crippen LogP contribution in [0.3, 0.4) is 0 Å². The molecule has 5 heteroatoms. The third kappa shape index (κ3) is 3.30. The van der Waals surface area contributed by atoms with E-state index in [0.29, 0.717) is 22.5 Å². The minimum atomic E-state index is -0.241. The topological polar surface area (TPSA) is 75.1 Å². The average Bonchev–Trinajstić information content (AvgIpc) is 2.45. The van der Waals surface area contributed by atoms with Crippen LogP contribution in [-0.2, 0) is 0 Å². The molecule has 2 rings (SSSR count). The van der Waals surface area contributed by atoms with Gasteiger partial charge in [-0.25, -0.2) is 0 Å². The normalized spacial score (nSPS) is 12.6. The monoisotopic (exact) mass is 273 g/mol. The van der Waals surface area contributed by atoms with Crippen LogP contribution in [0.4, 0.5) is 0 Å². The smallest absolute Gasteiger partial charge is 0.253 e. The van der Waals surface area contributed by atoms with Gasteiger partial charge in [-0.2, -0.15) is 0 Å². The Kier molecular flexibility index (Phi) is 4.63. The molecule has 0 bridgehead atoms. The number of hydrogen-bond acceptors (Lipinski definition) is 4. The third-order valence-corrected chi connectivity index (χ3v) is 3.05. The number of carbonyl (C=O) groups is 1. The van der Waals surface area contributed by atoms with Gasteiger partial charge in [0.25, 0.3) is 5.91 Å². The molecule has 0 saturated carbocycles. The van der Waals surface area contributed by atoms with Gasteiger partial charge in [-0.1, -0.05) is 19.9 Å². The van der Waals surface area contributed by atoms with Crippen molar-refractivity contribution in [1.82, 2.24) is 15.3 Å². The van der Waals surface area contributed by atoms with Gasteiger partial charge < -0.3 is 10.4 Å². The number of hydrogen-bond donors (Lipinski definition) is 2. The van der Waals surface area contributed by atoms with Gasteiger partial charge >= 0.3 is 0 Å². The maximum Gasteiger partial charge on any atom is 0.253 e. The minimum Gasteiger partial charge on any atom is -0.394 e. The molecule has 2 aromatic rings. The summed E-state index contributed by atoms with van der Waals surface area (Å²) in [5, 5.41) is 12.2. The zero-order valence-electron chi connectivity index (χ0n) is 11.7. The first-order valence-electron chi connectivity index (χ1n) is 6.73. The number of fused-ring (bicyclic) bond motifs is 1. The number of rotatable bonds is 5. The first-order valence-corrected chi connectivity index (χ1v) is 6.73. The van der Waals surface area contributed by atoms with Gasteiger partial charge in [-0.3, -0.25) is 14.8 Å². The lowest BCUT2D eigenvalue weighted by Gasteiger charge is -2.18. The van der Waals surface area contributed by atoms with Gasteiger partial charge in [-0.05, 0) is 24.5 Å². The largest absolute Gasteiger partial charge is 0.394 e. The highest BCUT2D eigenvalue weighted by atomic mass is 16.3. The van der Waals surface area contributed by atoms with E-state index in [2.05, 4.69) is 29.1 Å². The fraction of sp³-hybridized carbons (Fsp3) is 0.400. The van der Waals surface area contributed by atoms with Crippen LogP contribution in [0.1, 0.15) is 30.6 Å². The fourth-order valence-electron chi connectivity index (χ4n) is 2.19. The van der Waals surface area contributed by atoms with Crippen LogP contribution in [0.25, 0.3) is 11.0 Å². The summed E-state index contributed by atoms with van der Waals surface area (Å²) >= 11 is 0. The van der Waals surface area contributed by atoms with Crippen molar-refractivity contribution in [3.63, 3.8) is 0 Å². The molecule has 2 N–H and O–H groups in total. The molecule has 0 spiro atoms. The minimum absolute atomic E-state index is 0.0691. The molecule has 1 amide bonds. The zero-order valence-corrected chi connectivity index (χ0v) is 11.7. The van der Waals surface area contributed by atoms with Gasteiger partial charge in [0.15, 0.2) is 0 Å². The Bertz CT molecular complexity index is 593. The van der Waals surface area contributed by atoms with Crippen LogP contribution in [0.15, 0.2) is 30.6 Å². The van der Waals surface area contributed by atoms with Gasteiger partial charge in [0.05, 0.1) is 23.7 Å². The molecule has 0 saturated heterocycles. The number of amides is 1. The molecule has 5 nitrogen and oxygen atoms in total. The summed E-state index contributed by atoms with van der Waals surface area (Å²) < 4.78 is 0. The van der Waals surface area contributed by atoms with Crippen molar-refractivity contribution in [2.24, 2.45) is 5.92 Å². The number of aromatic nitrogens is 2. The van der Waals surface area contributed by atoms with Gasteiger partial charge in [0.1, 0.15) is 5.52 Å². The third-order valence-electron chi connectivity index (χ3n) is 3.05. The van der Waals surface area contributed by atoms with E-state index in [-0.39, 0.29) is 18.6 Å². The SMILES string of the molecule is CC(C)CC(CO)NC(=O)c1cccc2nccnc12. The van der Waals surface area contributed by atoms with E-state index in [1.165, 1.54) is 0 Å². The molecule has 1 aromatic heterocycles. The number of carbonyl (C=O) groups excluding carboxylic acids is 1.